The Balaban J connectivity index is 1.94. The number of hydrogen-bond donors (Lipinski definition) is 1. The monoisotopic (exact) mass is 278 g/mol. The third-order valence-corrected chi connectivity index (χ3v) is 2.91. The molecule has 0 amide bonds. The average Bonchev–Trinajstić information content (AvgIpc) is 2.84. The van der Waals surface area contributed by atoms with Crippen LogP contribution < -0.4 is 10.1 Å². The van der Waals surface area contributed by atoms with Gasteiger partial charge in [0.1, 0.15) is 12.9 Å². The van der Waals surface area contributed by atoms with Crippen molar-refractivity contribution in [2.24, 2.45) is 7.05 Å². The van der Waals surface area contributed by atoms with Gasteiger partial charge < -0.3 is 10.1 Å². The summed E-state index contributed by atoms with van der Waals surface area (Å²) in [5, 5.41) is 7.16. The van der Waals surface area contributed by atoms with Gasteiger partial charge in [0.15, 0.2) is 17.4 Å². The average molecular weight is 278 g/mol. The fourth-order valence-electron chi connectivity index (χ4n) is 1.77. The number of ether oxygens (including phenoxy) is 1. The molecule has 1 aromatic carbocycles. The van der Waals surface area contributed by atoms with E-state index in [1.165, 1.54) is 12.4 Å². The highest BCUT2D eigenvalue weighted by atomic mass is 19.1. The first-order valence-corrected chi connectivity index (χ1v) is 6.65. The second-order valence-corrected chi connectivity index (χ2v) is 4.53. The summed E-state index contributed by atoms with van der Waals surface area (Å²) in [5.74, 6) is 0.522. The van der Waals surface area contributed by atoms with E-state index in [2.05, 4.69) is 22.3 Å². The fraction of sp³-hybridized carbons (Fsp3) is 0.429. The van der Waals surface area contributed by atoms with E-state index in [-0.39, 0.29) is 18.2 Å². The summed E-state index contributed by atoms with van der Waals surface area (Å²) in [7, 11) is 1.77. The van der Waals surface area contributed by atoms with Crippen LogP contribution in [0.2, 0.25) is 0 Å². The molecule has 0 saturated carbocycles. The largest absolute Gasteiger partial charge is 0.483 e. The topological polar surface area (TPSA) is 52.0 Å². The maximum absolute atomic E-state index is 13.9. The minimum Gasteiger partial charge on any atom is -0.483 e. The van der Waals surface area contributed by atoms with Crippen molar-refractivity contribution in [3.63, 3.8) is 0 Å². The molecular weight excluding hydrogens is 259 g/mol. The molecule has 0 unspecified atom stereocenters. The lowest BCUT2D eigenvalue weighted by Crippen LogP contribution is -2.14. The number of rotatable bonds is 7. The van der Waals surface area contributed by atoms with Gasteiger partial charge in [0, 0.05) is 13.6 Å². The Morgan fingerprint density at radius 2 is 2.25 bits per heavy atom. The first-order valence-electron chi connectivity index (χ1n) is 6.65. The predicted molar refractivity (Wildman–Crippen MR) is 73.7 cm³/mol. The summed E-state index contributed by atoms with van der Waals surface area (Å²) in [5.41, 5.74) is 0.905. The van der Waals surface area contributed by atoms with Crippen LogP contribution in [0.1, 0.15) is 24.7 Å². The summed E-state index contributed by atoms with van der Waals surface area (Å²) in [6, 6.07) is 5.00. The van der Waals surface area contributed by atoms with Crippen molar-refractivity contribution in [3.8, 4) is 5.75 Å². The van der Waals surface area contributed by atoms with Gasteiger partial charge in [-0.2, -0.15) is 5.10 Å². The van der Waals surface area contributed by atoms with Gasteiger partial charge >= 0.3 is 0 Å². The number of aryl methyl sites for hydroxylation is 1. The van der Waals surface area contributed by atoms with Crippen LogP contribution in [-0.2, 0) is 20.2 Å². The van der Waals surface area contributed by atoms with Crippen LogP contribution in [0.15, 0.2) is 24.5 Å². The number of hydrogen-bond acceptors (Lipinski definition) is 4. The molecule has 2 rings (SSSR count). The Labute approximate surface area is 117 Å². The van der Waals surface area contributed by atoms with Crippen molar-refractivity contribution in [2.75, 3.05) is 6.54 Å². The number of nitrogens with one attached hydrogen (secondary N) is 1. The maximum Gasteiger partial charge on any atom is 0.165 e. The van der Waals surface area contributed by atoms with Gasteiger partial charge in [-0.05, 0) is 30.7 Å². The normalized spacial score (nSPS) is 10.8. The summed E-state index contributed by atoms with van der Waals surface area (Å²) in [6.45, 7) is 3.87. The predicted octanol–water partition coefficient (Wildman–Crippen LogP) is 2.03. The van der Waals surface area contributed by atoms with Crippen molar-refractivity contribution in [1.29, 1.82) is 0 Å². The molecule has 1 N–H and O–H groups in total. The molecule has 0 saturated heterocycles. The molecule has 0 atom stereocenters. The smallest absolute Gasteiger partial charge is 0.165 e. The molecule has 108 valence electrons. The molecule has 2 aromatic rings. The molecule has 0 aliphatic heterocycles. The first-order chi connectivity index (χ1) is 9.70. The third kappa shape index (κ3) is 3.77. The van der Waals surface area contributed by atoms with Crippen LogP contribution in [0.4, 0.5) is 4.39 Å². The van der Waals surface area contributed by atoms with E-state index in [0.717, 1.165) is 18.5 Å². The van der Waals surface area contributed by atoms with Gasteiger partial charge in [0.25, 0.3) is 0 Å². The molecule has 0 fully saturated rings. The van der Waals surface area contributed by atoms with E-state index in [9.17, 15) is 4.39 Å². The van der Waals surface area contributed by atoms with Crippen molar-refractivity contribution in [2.45, 2.75) is 26.5 Å². The maximum atomic E-state index is 13.9. The standard InChI is InChI=1S/C14H19FN4O/c1-3-6-16-8-11-4-5-13(12(15)7-11)20-9-14-17-10-18-19(14)2/h4-5,7,10,16H,3,6,8-9H2,1-2H3. The van der Waals surface area contributed by atoms with E-state index in [4.69, 9.17) is 4.74 Å². The van der Waals surface area contributed by atoms with Crippen molar-refractivity contribution < 1.29 is 9.13 Å². The Morgan fingerprint density at radius 3 is 2.90 bits per heavy atom. The molecule has 20 heavy (non-hydrogen) atoms. The lowest BCUT2D eigenvalue weighted by Gasteiger charge is -2.09. The van der Waals surface area contributed by atoms with Gasteiger partial charge in [0.2, 0.25) is 0 Å². The number of nitrogens with zero attached hydrogens (tertiary/aromatic N) is 3. The molecule has 1 heterocycles. The molecule has 0 radical (unpaired) electrons. The SMILES string of the molecule is CCCNCc1ccc(OCc2ncnn2C)c(F)c1. The van der Waals surface area contributed by atoms with Gasteiger partial charge in [-0.15, -0.1) is 0 Å². The highest BCUT2D eigenvalue weighted by molar-refractivity contribution is 5.29. The van der Waals surface area contributed by atoms with Gasteiger partial charge in [-0.3, -0.25) is 4.68 Å². The van der Waals surface area contributed by atoms with Crippen LogP contribution in [0.25, 0.3) is 0 Å². The Hall–Kier alpha value is -1.95. The number of benzene rings is 1. The highest BCUT2D eigenvalue weighted by Crippen LogP contribution is 2.19. The van der Waals surface area contributed by atoms with Crippen molar-refractivity contribution in [1.82, 2.24) is 20.1 Å². The number of aromatic nitrogens is 3. The zero-order valence-corrected chi connectivity index (χ0v) is 11.8. The van der Waals surface area contributed by atoms with Crippen LogP contribution in [0, 0.1) is 5.82 Å². The second kappa shape index (κ2) is 7.00. The van der Waals surface area contributed by atoms with E-state index >= 15 is 0 Å². The zero-order chi connectivity index (χ0) is 14.4. The Kier molecular flexibility index (Phi) is 5.06. The molecule has 0 spiro atoms. The molecule has 0 aliphatic rings. The quantitative estimate of drug-likeness (QED) is 0.787. The van der Waals surface area contributed by atoms with E-state index in [0.29, 0.717) is 12.4 Å². The van der Waals surface area contributed by atoms with E-state index in [1.54, 1.807) is 17.8 Å². The summed E-state index contributed by atoms with van der Waals surface area (Å²) < 4.78 is 20.9. The minimum absolute atomic E-state index is 0.195. The molecule has 0 aliphatic carbocycles. The first kappa shape index (κ1) is 14.5. The van der Waals surface area contributed by atoms with E-state index < -0.39 is 0 Å². The molecule has 5 nitrogen and oxygen atoms in total. The minimum atomic E-state index is -0.358. The molecule has 6 heteroatoms. The lowest BCUT2D eigenvalue weighted by molar-refractivity contribution is 0.275. The van der Waals surface area contributed by atoms with Gasteiger partial charge in [-0.1, -0.05) is 13.0 Å². The molecular formula is C14H19FN4O. The van der Waals surface area contributed by atoms with Crippen LogP contribution >= 0.6 is 0 Å². The fourth-order valence-corrected chi connectivity index (χ4v) is 1.77. The lowest BCUT2D eigenvalue weighted by atomic mass is 10.2. The zero-order valence-electron chi connectivity index (χ0n) is 11.8. The van der Waals surface area contributed by atoms with Crippen LogP contribution in [0.3, 0.4) is 0 Å². The van der Waals surface area contributed by atoms with Gasteiger partial charge in [0.05, 0.1) is 0 Å². The summed E-state index contributed by atoms with van der Waals surface area (Å²) in [4.78, 5) is 4.02. The Morgan fingerprint density at radius 1 is 1.40 bits per heavy atom. The summed E-state index contributed by atoms with van der Waals surface area (Å²) in [6.07, 6.45) is 2.50. The highest BCUT2D eigenvalue weighted by Gasteiger charge is 2.07. The Bertz CT molecular complexity index is 556. The van der Waals surface area contributed by atoms with Crippen molar-refractivity contribution >= 4 is 0 Å². The molecule has 1 aromatic heterocycles. The molecule has 0 bridgehead atoms. The van der Waals surface area contributed by atoms with Gasteiger partial charge in [-0.25, -0.2) is 9.37 Å². The third-order valence-electron chi connectivity index (χ3n) is 2.91. The van der Waals surface area contributed by atoms with Crippen LogP contribution in [-0.4, -0.2) is 21.3 Å². The van der Waals surface area contributed by atoms with Crippen LogP contribution in [0.5, 0.6) is 5.75 Å². The summed E-state index contributed by atoms with van der Waals surface area (Å²) >= 11 is 0. The van der Waals surface area contributed by atoms with Crippen molar-refractivity contribution in [3.05, 3.63) is 41.7 Å². The van der Waals surface area contributed by atoms with E-state index in [1.807, 2.05) is 6.07 Å². The second-order valence-electron chi connectivity index (χ2n) is 4.53. The number of halogens is 1.